The molecular formula is C16H26N2O. The van der Waals surface area contributed by atoms with Crippen LogP contribution in [0.2, 0.25) is 0 Å². The van der Waals surface area contributed by atoms with Crippen molar-refractivity contribution < 1.29 is 4.74 Å². The van der Waals surface area contributed by atoms with Crippen molar-refractivity contribution in [2.24, 2.45) is 5.73 Å². The molecule has 1 aliphatic heterocycles. The molecule has 2 unspecified atom stereocenters. The lowest BCUT2D eigenvalue weighted by atomic mass is 10.1. The van der Waals surface area contributed by atoms with E-state index in [1.165, 1.54) is 24.9 Å². The number of likely N-dealkylation sites (tertiary alicyclic amines) is 1. The molecule has 0 saturated carbocycles. The summed E-state index contributed by atoms with van der Waals surface area (Å²) in [5.74, 6) is 0.952. The lowest BCUT2D eigenvalue weighted by Crippen LogP contribution is -2.26. The average Bonchev–Trinajstić information content (AvgIpc) is 2.84. The Kier molecular flexibility index (Phi) is 5.23. The van der Waals surface area contributed by atoms with E-state index in [0.717, 1.165) is 25.2 Å². The van der Waals surface area contributed by atoms with Crippen LogP contribution >= 0.6 is 0 Å². The van der Waals surface area contributed by atoms with Crippen LogP contribution in [0, 0.1) is 0 Å². The molecule has 1 saturated heterocycles. The molecule has 2 atom stereocenters. The third-order valence-corrected chi connectivity index (χ3v) is 4.14. The molecule has 1 aromatic rings. The fourth-order valence-corrected chi connectivity index (χ4v) is 2.70. The second-order valence-electron chi connectivity index (χ2n) is 5.50. The minimum atomic E-state index is 0.140. The molecule has 2 N–H and O–H groups in total. The van der Waals surface area contributed by atoms with E-state index in [4.69, 9.17) is 10.5 Å². The zero-order chi connectivity index (χ0) is 13.7. The van der Waals surface area contributed by atoms with E-state index in [2.05, 4.69) is 31.0 Å². The van der Waals surface area contributed by atoms with Crippen LogP contribution in [0.15, 0.2) is 24.3 Å². The van der Waals surface area contributed by atoms with Crippen LogP contribution in [-0.2, 0) is 0 Å². The Balaban J connectivity index is 1.77. The molecule has 0 radical (unpaired) electrons. The van der Waals surface area contributed by atoms with Gasteiger partial charge < -0.3 is 15.4 Å². The number of benzene rings is 1. The van der Waals surface area contributed by atoms with Gasteiger partial charge in [-0.2, -0.15) is 0 Å². The molecule has 0 spiro atoms. The molecule has 3 nitrogen and oxygen atoms in total. The van der Waals surface area contributed by atoms with Crippen molar-refractivity contribution in [3.8, 4) is 5.75 Å². The molecular weight excluding hydrogens is 236 g/mol. The lowest BCUT2D eigenvalue weighted by Gasteiger charge is -2.19. The molecule has 0 bridgehead atoms. The molecule has 0 aliphatic carbocycles. The van der Waals surface area contributed by atoms with Gasteiger partial charge in [0.2, 0.25) is 0 Å². The van der Waals surface area contributed by atoms with E-state index in [9.17, 15) is 0 Å². The highest BCUT2D eigenvalue weighted by molar-refractivity contribution is 5.28. The summed E-state index contributed by atoms with van der Waals surface area (Å²) in [5.41, 5.74) is 7.18. The summed E-state index contributed by atoms with van der Waals surface area (Å²) in [6, 6.07) is 9.05. The largest absolute Gasteiger partial charge is 0.494 e. The average molecular weight is 262 g/mol. The van der Waals surface area contributed by atoms with Gasteiger partial charge in [-0.25, -0.2) is 0 Å². The van der Waals surface area contributed by atoms with Crippen LogP contribution in [-0.4, -0.2) is 31.1 Å². The Morgan fingerprint density at radius 3 is 2.68 bits per heavy atom. The topological polar surface area (TPSA) is 38.5 Å². The summed E-state index contributed by atoms with van der Waals surface area (Å²) < 4.78 is 5.82. The highest BCUT2D eigenvalue weighted by atomic mass is 16.5. The van der Waals surface area contributed by atoms with E-state index in [1.54, 1.807) is 0 Å². The number of rotatable bonds is 6. The summed E-state index contributed by atoms with van der Waals surface area (Å²) in [7, 11) is 2.21. The maximum Gasteiger partial charge on any atom is 0.119 e. The monoisotopic (exact) mass is 262 g/mol. The Labute approximate surface area is 116 Å². The van der Waals surface area contributed by atoms with E-state index >= 15 is 0 Å². The third kappa shape index (κ3) is 3.95. The second-order valence-corrected chi connectivity index (χ2v) is 5.50. The van der Waals surface area contributed by atoms with Gasteiger partial charge in [0, 0.05) is 12.1 Å². The zero-order valence-electron chi connectivity index (χ0n) is 12.1. The van der Waals surface area contributed by atoms with Crippen molar-refractivity contribution in [2.75, 3.05) is 20.2 Å². The van der Waals surface area contributed by atoms with Gasteiger partial charge >= 0.3 is 0 Å². The number of ether oxygens (including phenoxy) is 1. The van der Waals surface area contributed by atoms with Gasteiger partial charge in [-0.05, 0) is 57.0 Å². The normalized spacial score (nSPS) is 21.5. The lowest BCUT2D eigenvalue weighted by molar-refractivity contribution is 0.233. The summed E-state index contributed by atoms with van der Waals surface area (Å²) in [4.78, 5) is 2.44. The van der Waals surface area contributed by atoms with Crippen LogP contribution in [0.4, 0.5) is 0 Å². The van der Waals surface area contributed by atoms with E-state index in [0.29, 0.717) is 6.04 Å². The van der Waals surface area contributed by atoms with Gasteiger partial charge in [0.15, 0.2) is 0 Å². The van der Waals surface area contributed by atoms with Gasteiger partial charge in [0.25, 0.3) is 0 Å². The van der Waals surface area contributed by atoms with Crippen LogP contribution in [0.5, 0.6) is 5.75 Å². The first-order valence-electron chi connectivity index (χ1n) is 7.39. The predicted molar refractivity (Wildman–Crippen MR) is 79.4 cm³/mol. The first-order chi connectivity index (χ1) is 9.20. The van der Waals surface area contributed by atoms with E-state index in [-0.39, 0.29) is 6.04 Å². The van der Waals surface area contributed by atoms with E-state index < -0.39 is 0 Å². The Hall–Kier alpha value is -1.06. The molecule has 1 fully saturated rings. The maximum absolute atomic E-state index is 6.00. The Morgan fingerprint density at radius 2 is 2.11 bits per heavy atom. The molecule has 1 aliphatic rings. The van der Waals surface area contributed by atoms with Crippen molar-refractivity contribution in [1.82, 2.24) is 4.90 Å². The standard InChI is InChI=1S/C16H26N2O/c1-3-16(17)13-6-8-15(9-7-13)19-12-10-14-5-4-11-18(14)2/h6-9,14,16H,3-5,10-12,17H2,1-2H3. The van der Waals surface area contributed by atoms with Crippen LogP contribution < -0.4 is 10.5 Å². The predicted octanol–water partition coefficient (Wildman–Crippen LogP) is 2.96. The van der Waals surface area contributed by atoms with Gasteiger partial charge in [-0.15, -0.1) is 0 Å². The van der Waals surface area contributed by atoms with Crippen LogP contribution in [0.25, 0.3) is 0 Å². The molecule has 3 heteroatoms. The fourth-order valence-electron chi connectivity index (χ4n) is 2.70. The SMILES string of the molecule is CCC(N)c1ccc(OCCC2CCCN2C)cc1. The maximum atomic E-state index is 6.00. The number of nitrogens with two attached hydrogens (primary N) is 1. The molecule has 0 amide bonds. The van der Waals surface area contributed by atoms with Gasteiger partial charge in [-0.1, -0.05) is 19.1 Å². The molecule has 106 valence electrons. The van der Waals surface area contributed by atoms with Crippen molar-refractivity contribution in [3.63, 3.8) is 0 Å². The summed E-state index contributed by atoms with van der Waals surface area (Å²) in [6.45, 7) is 4.13. The number of hydrogen-bond donors (Lipinski definition) is 1. The van der Waals surface area contributed by atoms with Crippen LogP contribution in [0.3, 0.4) is 0 Å². The van der Waals surface area contributed by atoms with Gasteiger partial charge in [0.1, 0.15) is 5.75 Å². The van der Waals surface area contributed by atoms with Gasteiger partial charge in [-0.3, -0.25) is 0 Å². The molecule has 1 aromatic carbocycles. The molecule has 0 aromatic heterocycles. The van der Waals surface area contributed by atoms with Crippen molar-refractivity contribution in [1.29, 1.82) is 0 Å². The molecule has 2 rings (SSSR count). The second kappa shape index (κ2) is 6.92. The third-order valence-electron chi connectivity index (χ3n) is 4.14. The summed E-state index contributed by atoms with van der Waals surface area (Å²) in [6.07, 6.45) is 4.72. The minimum absolute atomic E-state index is 0.140. The van der Waals surface area contributed by atoms with E-state index in [1.807, 2.05) is 12.1 Å². The van der Waals surface area contributed by atoms with Gasteiger partial charge in [0.05, 0.1) is 6.61 Å². The van der Waals surface area contributed by atoms with Crippen molar-refractivity contribution in [2.45, 2.75) is 44.7 Å². The smallest absolute Gasteiger partial charge is 0.119 e. The molecule has 1 heterocycles. The fraction of sp³-hybridized carbons (Fsp3) is 0.625. The highest BCUT2D eigenvalue weighted by Gasteiger charge is 2.20. The quantitative estimate of drug-likeness (QED) is 0.856. The number of nitrogens with zero attached hydrogens (tertiary/aromatic N) is 1. The minimum Gasteiger partial charge on any atom is -0.494 e. The molecule has 19 heavy (non-hydrogen) atoms. The van der Waals surface area contributed by atoms with Crippen molar-refractivity contribution in [3.05, 3.63) is 29.8 Å². The summed E-state index contributed by atoms with van der Waals surface area (Å²) in [5, 5.41) is 0. The Bertz CT molecular complexity index is 377. The number of hydrogen-bond acceptors (Lipinski definition) is 3. The first-order valence-corrected chi connectivity index (χ1v) is 7.39. The Morgan fingerprint density at radius 1 is 1.37 bits per heavy atom. The van der Waals surface area contributed by atoms with Crippen LogP contribution in [0.1, 0.15) is 44.2 Å². The summed E-state index contributed by atoms with van der Waals surface area (Å²) >= 11 is 0. The highest BCUT2D eigenvalue weighted by Crippen LogP contribution is 2.20. The zero-order valence-corrected chi connectivity index (χ0v) is 12.1. The first kappa shape index (κ1) is 14.4. The van der Waals surface area contributed by atoms with Crippen molar-refractivity contribution >= 4 is 0 Å².